The van der Waals surface area contributed by atoms with Crippen molar-refractivity contribution in [2.24, 2.45) is 5.73 Å². The molecule has 0 radical (unpaired) electrons. The summed E-state index contributed by atoms with van der Waals surface area (Å²) in [5.74, 6) is 1.39. The van der Waals surface area contributed by atoms with E-state index in [9.17, 15) is 0 Å². The van der Waals surface area contributed by atoms with Crippen LogP contribution in [0.4, 0.5) is 0 Å². The van der Waals surface area contributed by atoms with Crippen molar-refractivity contribution in [1.82, 2.24) is 10.3 Å². The fourth-order valence-electron chi connectivity index (χ4n) is 1.83. The molecular weight excluding hydrogens is 222 g/mol. The molecule has 1 aromatic carbocycles. The minimum atomic E-state index is 0.226. The van der Waals surface area contributed by atoms with Crippen molar-refractivity contribution in [3.05, 3.63) is 23.9 Å². The molecule has 1 aliphatic heterocycles. The van der Waals surface area contributed by atoms with Gasteiger partial charge in [0.1, 0.15) is 11.4 Å². The largest absolute Gasteiger partial charge is 0.454 e. The lowest BCUT2D eigenvalue weighted by Gasteiger charge is -2.02. The number of benzene rings is 1. The van der Waals surface area contributed by atoms with Gasteiger partial charge >= 0.3 is 0 Å². The molecule has 0 amide bonds. The molecule has 0 saturated carbocycles. The predicted molar refractivity (Wildman–Crippen MR) is 58.6 cm³/mol. The molecular formula is C11H11N3O3. The Balaban J connectivity index is 2.09. The van der Waals surface area contributed by atoms with E-state index >= 15 is 0 Å². The SMILES string of the molecule is NCCc1nonc1-c1cccc2c1OCO2. The molecule has 6 heteroatoms. The van der Waals surface area contributed by atoms with E-state index in [1.807, 2.05) is 18.2 Å². The Labute approximate surface area is 97.3 Å². The fraction of sp³-hybridized carbons (Fsp3) is 0.273. The molecule has 1 aliphatic rings. The summed E-state index contributed by atoms with van der Waals surface area (Å²) in [6.45, 7) is 0.720. The number of fused-ring (bicyclic) bond motifs is 1. The van der Waals surface area contributed by atoms with Crippen molar-refractivity contribution in [3.63, 3.8) is 0 Å². The average molecular weight is 233 g/mol. The van der Waals surface area contributed by atoms with E-state index in [1.54, 1.807) is 0 Å². The number of ether oxygens (including phenoxy) is 2. The molecule has 0 unspecified atom stereocenters. The summed E-state index contributed by atoms with van der Waals surface area (Å²) in [5, 5.41) is 7.75. The zero-order valence-corrected chi connectivity index (χ0v) is 9.05. The van der Waals surface area contributed by atoms with Crippen LogP contribution in [-0.2, 0) is 6.42 Å². The van der Waals surface area contributed by atoms with E-state index < -0.39 is 0 Å². The number of hydrogen-bond donors (Lipinski definition) is 1. The molecule has 0 aliphatic carbocycles. The fourth-order valence-corrected chi connectivity index (χ4v) is 1.83. The van der Waals surface area contributed by atoms with Gasteiger partial charge in [0.25, 0.3) is 0 Å². The third kappa shape index (κ3) is 1.62. The summed E-state index contributed by atoms with van der Waals surface area (Å²) in [4.78, 5) is 0. The van der Waals surface area contributed by atoms with Gasteiger partial charge in [0.05, 0.1) is 5.56 Å². The van der Waals surface area contributed by atoms with Crippen LogP contribution in [0.1, 0.15) is 5.69 Å². The van der Waals surface area contributed by atoms with Crippen molar-refractivity contribution in [3.8, 4) is 22.8 Å². The molecule has 0 bridgehead atoms. The van der Waals surface area contributed by atoms with Gasteiger partial charge < -0.3 is 15.2 Å². The third-order valence-electron chi connectivity index (χ3n) is 2.59. The van der Waals surface area contributed by atoms with E-state index in [0.29, 0.717) is 30.2 Å². The summed E-state index contributed by atoms with van der Waals surface area (Å²) in [6, 6.07) is 5.62. The van der Waals surface area contributed by atoms with Crippen LogP contribution >= 0.6 is 0 Å². The molecule has 6 nitrogen and oxygen atoms in total. The van der Waals surface area contributed by atoms with E-state index in [0.717, 1.165) is 11.3 Å². The number of hydrogen-bond acceptors (Lipinski definition) is 6. The van der Waals surface area contributed by atoms with Gasteiger partial charge in [-0.1, -0.05) is 11.2 Å². The quantitative estimate of drug-likeness (QED) is 0.850. The van der Waals surface area contributed by atoms with Gasteiger partial charge in [-0.05, 0) is 23.8 Å². The molecule has 2 heterocycles. The van der Waals surface area contributed by atoms with Crippen molar-refractivity contribution in [2.75, 3.05) is 13.3 Å². The van der Waals surface area contributed by atoms with Gasteiger partial charge in [-0.2, -0.15) is 0 Å². The maximum Gasteiger partial charge on any atom is 0.231 e. The lowest BCUT2D eigenvalue weighted by molar-refractivity contribution is 0.174. The van der Waals surface area contributed by atoms with Crippen LogP contribution in [0.15, 0.2) is 22.8 Å². The highest BCUT2D eigenvalue weighted by atomic mass is 16.7. The second-order valence-electron chi connectivity index (χ2n) is 3.64. The number of nitrogens with zero attached hydrogens (tertiary/aromatic N) is 2. The maximum atomic E-state index is 5.51. The van der Waals surface area contributed by atoms with Crippen LogP contribution in [0.2, 0.25) is 0 Å². The topological polar surface area (TPSA) is 83.4 Å². The van der Waals surface area contributed by atoms with E-state index in [4.69, 9.17) is 19.8 Å². The first-order chi connectivity index (χ1) is 8.40. The Morgan fingerprint density at radius 2 is 2.18 bits per heavy atom. The van der Waals surface area contributed by atoms with Crippen molar-refractivity contribution >= 4 is 0 Å². The average Bonchev–Trinajstić information content (AvgIpc) is 2.96. The number of nitrogens with two attached hydrogens (primary N) is 1. The van der Waals surface area contributed by atoms with Gasteiger partial charge in [-0.25, -0.2) is 4.63 Å². The third-order valence-corrected chi connectivity index (χ3v) is 2.59. The molecule has 3 rings (SSSR count). The van der Waals surface area contributed by atoms with Crippen LogP contribution < -0.4 is 15.2 Å². The summed E-state index contributed by atoms with van der Waals surface area (Å²) >= 11 is 0. The molecule has 0 saturated heterocycles. The van der Waals surface area contributed by atoms with E-state index in [-0.39, 0.29) is 6.79 Å². The first-order valence-corrected chi connectivity index (χ1v) is 5.30. The molecule has 0 fully saturated rings. The second-order valence-corrected chi connectivity index (χ2v) is 3.64. The zero-order chi connectivity index (χ0) is 11.7. The molecule has 2 N–H and O–H groups in total. The summed E-state index contributed by atoms with van der Waals surface area (Å²) in [7, 11) is 0. The lowest BCUT2D eigenvalue weighted by atomic mass is 10.1. The molecule has 1 aromatic heterocycles. The number of para-hydroxylation sites is 1. The summed E-state index contributed by atoms with van der Waals surface area (Å²) in [5.41, 5.74) is 7.74. The smallest absolute Gasteiger partial charge is 0.231 e. The van der Waals surface area contributed by atoms with Crippen molar-refractivity contribution in [2.45, 2.75) is 6.42 Å². The molecule has 0 spiro atoms. The lowest BCUT2D eigenvalue weighted by Crippen LogP contribution is -2.04. The minimum absolute atomic E-state index is 0.226. The van der Waals surface area contributed by atoms with Crippen molar-refractivity contribution in [1.29, 1.82) is 0 Å². The Bertz CT molecular complexity index is 539. The summed E-state index contributed by atoms with van der Waals surface area (Å²) < 4.78 is 15.5. The second kappa shape index (κ2) is 4.06. The highest BCUT2D eigenvalue weighted by molar-refractivity contribution is 5.72. The molecule has 2 aromatic rings. The zero-order valence-electron chi connectivity index (χ0n) is 9.05. The van der Waals surface area contributed by atoms with E-state index in [1.165, 1.54) is 0 Å². The Morgan fingerprint density at radius 1 is 1.24 bits per heavy atom. The molecule has 17 heavy (non-hydrogen) atoms. The number of aromatic nitrogens is 2. The maximum absolute atomic E-state index is 5.51. The Kier molecular flexibility index (Phi) is 2.41. The highest BCUT2D eigenvalue weighted by Crippen LogP contribution is 2.41. The summed E-state index contributed by atoms with van der Waals surface area (Å²) in [6.07, 6.45) is 0.614. The van der Waals surface area contributed by atoms with Crippen LogP contribution in [0.25, 0.3) is 11.3 Å². The standard InChI is InChI=1S/C11H11N3O3/c12-5-4-8-10(14-17-13-8)7-2-1-3-9-11(7)16-6-15-9/h1-3H,4-6,12H2. The predicted octanol–water partition coefficient (Wildman–Crippen LogP) is 0.966. The first-order valence-electron chi connectivity index (χ1n) is 5.30. The molecule has 0 atom stereocenters. The van der Waals surface area contributed by atoms with Crippen LogP contribution in [0.3, 0.4) is 0 Å². The Morgan fingerprint density at radius 3 is 3.06 bits per heavy atom. The van der Waals surface area contributed by atoms with Gasteiger partial charge in [-0.3, -0.25) is 0 Å². The highest BCUT2D eigenvalue weighted by Gasteiger charge is 2.22. The monoisotopic (exact) mass is 233 g/mol. The van der Waals surface area contributed by atoms with Gasteiger partial charge in [0.2, 0.25) is 6.79 Å². The van der Waals surface area contributed by atoms with Gasteiger partial charge in [-0.15, -0.1) is 0 Å². The molecule has 88 valence electrons. The first kappa shape index (κ1) is 10.1. The van der Waals surface area contributed by atoms with Gasteiger partial charge in [0, 0.05) is 6.42 Å². The van der Waals surface area contributed by atoms with E-state index in [2.05, 4.69) is 10.3 Å². The number of rotatable bonds is 3. The van der Waals surface area contributed by atoms with Crippen molar-refractivity contribution < 1.29 is 14.1 Å². The normalized spacial score (nSPS) is 13.0. The Hall–Kier alpha value is -2.08. The minimum Gasteiger partial charge on any atom is -0.454 e. The van der Waals surface area contributed by atoms with Crippen LogP contribution in [-0.4, -0.2) is 23.7 Å². The van der Waals surface area contributed by atoms with Gasteiger partial charge in [0.15, 0.2) is 11.5 Å². The van der Waals surface area contributed by atoms with Crippen LogP contribution in [0.5, 0.6) is 11.5 Å². The van der Waals surface area contributed by atoms with Crippen LogP contribution in [0, 0.1) is 0 Å².